The van der Waals surface area contributed by atoms with Crippen LogP contribution in [-0.4, -0.2) is 29.7 Å². The minimum absolute atomic E-state index is 0.208. The van der Waals surface area contributed by atoms with Crippen LogP contribution in [0.15, 0.2) is 0 Å². The van der Waals surface area contributed by atoms with Crippen LogP contribution in [0.2, 0.25) is 0 Å². The summed E-state index contributed by atoms with van der Waals surface area (Å²) in [4.78, 5) is 24.2. The van der Waals surface area contributed by atoms with Crippen molar-refractivity contribution in [2.75, 3.05) is 0 Å². The van der Waals surface area contributed by atoms with E-state index >= 15 is 0 Å². The van der Waals surface area contributed by atoms with Gasteiger partial charge >= 0.3 is 6.09 Å². The molecule has 0 aliphatic heterocycles. The minimum Gasteiger partial charge on any atom is -0.444 e. The van der Waals surface area contributed by atoms with Crippen LogP contribution in [0.5, 0.6) is 0 Å². The van der Waals surface area contributed by atoms with Gasteiger partial charge in [0.05, 0.1) is 18.6 Å². The summed E-state index contributed by atoms with van der Waals surface area (Å²) in [5.41, 5.74) is -0.662. The maximum Gasteiger partial charge on any atom is 0.408 e. The zero-order valence-corrected chi connectivity index (χ0v) is 14.3. The predicted octanol–water partition coefficient (Wildman–Crippen LogP) is 2.38. The van der Waals surface area contributed by atoms with Gasteiger partial charge in [-0.25, -0.2) is 4.79 Å². The number of hydrogen-bond donors (Lipinski definition) is 2. The van der Waals surface area contributed by atoms with Gasteiger partial charge in [0.25, 0.3) is 0 Å². The zero-order chi connectivity index (χ0) is 17.9. The van der Waals surface area contributed by atoms with Gasteiger partial charge < -0.3 is 15.4 Å². The summed E-state index contributed by atoms with van der Waals surface area (Å²) >= 11 is 0. The average Bonchev–Trinajstić information content (AvgIpc) is 2.43. The summed E-state index contributed by atoms with van der Waals surface area (Å²) in [6.07, 6.45) is 1.27. The Balaban J connectivity index is 4.78. The number of amides is 2. The third kappa shape index (κ3) is 10.1. The number of carbonyl (C=O) groups is 2. The van der Waals surface area contributed by atoms with Gasteiger partial charge in [-0.05, 0) is 40.0 Å². The van der Waals surface area contributed by atoms with Crippen LogP contribution < -0.4 is 10.6 Å². The molecule has 0 bridgehead atoms. The lowest BCUT2D eigenvalue weighted by Gasteiger charge is -2.24. The molecule has 7 heteroatoms. The van der Waals surface area contributed by atoms with Gasteiger partial charge in [-0.1, -0.05) is 6.92 Å². The molecule has 0 heterocycles. The molecule has 0 fully saturated rings. The van der Waals surface area contributed by atoms with E-state index < -0.39 is 17.7 Å². The van der Waals surface area contributed by atoms with Crippen LogP contribution in [0.25, 0.3) is 0 Å². The molecular weight excluding hydrogens is 296 g/mol. The van der Waals surface area contributed by atoms with E-state index in [1.54, 1.807) is 20.8 Å². The first-order valence-corrected chi connectivity index (χ1v) is 7.77. The highest BCUT2D eigenvalue weighted by molar-refractivity contribution is 5.85. The van der Waals surface area contributed by atoms with Gasteiger partial charge in [-0.2, -0.15) is 10.5 Å². The Labute approximate surface area is 138 Å². The fourth-order valence-corrected chi connectivity index (χ4v) is 1.81. The van der Waals surface area contributed by atoms with Crippen LogP contribution in [0.3, 0.4) is 0 Å². The molecule has 0 aromatic carbocycles. The van der Waals surface area contributed by atoms with Gasteiger partial charge in [-0.3, -0.25) is 4.79 Å². The van der Waals surface area contributed by atoms with Crippen LogP contribution in [-0.2, 0) is 9.53 Å². The lowest BCUT2D eigenvalue weighted by Crippen LogP contribution is -2.50. The van der Waals surface area contributed by atoms with Crippen molar-refractivity contribution in [3.05, 3.63) is 0 Å². The zero-order valence-electron chi connectivity index (χ0n) is 14.3. The smallest absolute Gasteiger partial charge is 0.408 e. The van der Waals surface area contributed by atoms with Gasteiger partial charge in [0.2, 0.25) is 5.91 Å². The highest BCUT2D eigenvalue weighted by Gasteiger charge is 2.25. The number of nitrogens with zero attached hydrogens (tertiary/aromatic N) is 2. The van der Waals surface area contributed by atoms with Crippen LogP contribution in [0.4, 0.5) is 4.79 Å². The van der Waals surface area contributed by atoms with E-state index in [1.165, 1.54) is 0 Å². The summed E-state index contributed by atoms with van der Waals surface area (Å²) in [7, 11) is 0. The van der Waals surface area contributed by atoms with Crippen LogP contribution >= 0.6 is 0 Å². The van der Waals surface area contributed by atoms with Gasteiger partial charge in [-0.15, -0.1) is 0 Å². The van der Waals surface area contributed by atoms with Crippen molar-refractivity contribution < 1.29 is 14.3 Å². The first kappa shape index (κ1) is 20.7. The van der Waals surface area contributed by atoms with Crippen molar-refractivity contribution in [2.24, 2.45) is 0 Å². The molecule has 2 amide bonds. The maximum atomic E-state index is 12.3. The van der Waals surface area contributed by atoms with E-state index in [1.807, 2.05) is 19.1 Å². The SMILES string of the molecule is CCC(CC#N)NC(=O)C(CCCC#N)NC(=O)OC(C)(C)C. The first-order chi connectivity index (χ1) is 10.7. The molecule has 128 valence electrons. The Kier molecular flexibility index (Phi) is 9.41. The van der Waals surface area contributed by atoms with Crippen LogP contribution in [0, 0.1) is 22.7 Å². The Morgan fingerprint density at radius 1 is 1.17 bits per heavy atom. The van der Waals surface area contributed by atoms with E-state index in [2.05, 4.69) is 10.6 Å². The third-order valence-corrected chi connectivity index (χ3v) is 2.97. The molecule has 2 atom stereocenters. The van der Waals surface area contributed by atoms with Crippen molar-refractivity contribution >= 4 is 12.0 Å². The van der Waals surface area contributed by atoms with E-state index in [4.69, 9.17) is 15.3 Å². The third-order valence-electron chi connectivity index (χ3n) is 2.97. The van der Waals surface area contributed by atoms with Crippen molar-refractivity contribution in [1.82, 2.24) is 10.6 Å². The van der Waals surface area contributed by atoms with E-state index in [0.717, 1.165) is 0 Å². The molecule has 0 aromatic heterocycles. The van der Waals surface area contributed by atoms with Gasteiger partial charge in [0, 0.05) is 12.5 Å². The van der Waals surface area contributed by atoms with E-state index in [-0.39, 0.29) is 18.4 Å². The second-order valence-corrected chi connectivity index (χ2v) is 6.23. The topological polar surface area (TPSA) is 115 Å². The fraction of sp³-hybridized carbons (Fsp3) is 0.750. The number of nitriles is 2. The molecule has 7 nitrogen and oxygen atoms in total. The van der Waals surface area contributed by atoms with Crippen molar-refractivity contribution in [1.29, 1.82) is 10.5 Å². The predicted molar refractivity (Wildman–Crippen MR) is 85.1 cm³/mol. The van der Waals surface area contributed by atoms with Gasteiger partial charge in [0.1, 0.15) is 11.6 Å². The molecule has 0 spiro atoms. The highest BCUT2D eigenvalue weighted by Crippen LogP contribution is 2.09. The molecule has 0 aliphatic rings. The number of carbonyl (C=O) groups excluding carboxylic acids is 2. The summed E-state index contributed by atoms with van der Waals surface area (Å²) < 4.78 is 5.16. The molecule has 0 radical (unpaired) electrons. The Morgan fingerprint density at radius 3 is 2.30 bits per heavy atom. The average molecular weight is 322 g/mol. The fourth-order valence-electron chi connectivity index (χ4n) is 1.81. The number of rotatable bonds is 8. The summed E-state index contributed by atoms with van der Waals surface area (Å²) in [5, 5.41) is 22.6. The Bertz CT molecular complexity index is 471. The summed E-state index contributed by atoms with van der Waals surface area (Å²) in [6, 6.07) is 2.98. The molecule has 0 saturated carbocycles. The molecule has 0 saturated heterocycles. The number of unbranched alkanes of at least 4 members (excludes halogenated alkanes) is 1. The summed E-state index contributed by atoms with van der Waals surface area (Å²) in [5.74, 6) is -0.365. The Morgan fingerprint density at radius 2 is 1.83 bits per heavy atom. The van der Waals surface area contributed by atoms with E-state index in [9.17, 15) is 9.59 Å². The summed E-state index contributed by atoms with van der Waals surface area (Å²) in [6.45, 7) is 7.07. The second kappa shape index (κ2) is 10.4. The number of hydrogen-bond acceptors (Lipinski definition) is 5. The van der Waals surface area contributed by atoms with Crippen molar-refractivity contribution in [3.63, 3.8) is 0 Å². The van der Waals surface area contributed by atoms with Gasteiger partial charge in [0.15, 0.2) is 0 Å². The maximum absolute atomic E-state index is 12.3. The van der Waals surface area contributed by atoms with Crippen molar-refractivity contribution in [3.8, 4) is 12.1 Å². The quantitative estimate of drug-likeness (QED) is 0.666. The monoisotopic (exact) mass is 322 g/mol. The van der Waals surface area contributed by atoms with E-state index in [0.29, 0.717) is 25.7 Å². The molecular formula is C16H26N4O3. The number of ether oxygens (including phenoxy) is 1. The first-order valence-electron chi connectivity index (χ1n) is 7.77. The molecule has 0 rings (SSSR count). The minimum atomic E-state index is -0.786. The lowest BCUT2D eigenvalue weighted by molar-refractivity contribution is -0.124. The molecule has 23 heavy (non-hydrogen) atoms. The Hall–Kier alpha value is -2.28. The highest BCUT2D eigenvalue weighted by atomic mass is 16.6. The lowest BCUT2D eigenvalue weighted by atomic mass is 10.1. The molecule has 0 aliphatic carbocycles. The largest absolute Gasteiger partial charge is 0.444 e. The number of alkyl carbamates (subject to hydrolysis) is 1. The van der Waals surface area contributed by atoms with Crippen molar-refractivity contribution in [2.45, 2.75) is 77.5 Å². The second-order valence-electron chi connectivity index (χ2n) is 6.23. The molecule has 2 N–H and O–H groups in total. The normalized spacial score (nSPS) is 13.1. The molecule has 2 unspecified atom stereocenters. The standard InChI is InChI=1S/C16H26N4O3/c1-5-12(9-11-18)19-14(21)13(8-6-7-10-17)20-15(22)23-16(2,3)4/h12-13H,5-9H2,1-4H3,(H,19,21)(H,20,22). The number of nitrogens with one attached hydrogen (secondary N) is 2. The van der Waals surface area contributed by atoms with Crippen LogP contribution in [0.1, 0.15) is 59.8 Å². The molecule has 0 aromatic rings.